The van der Waals surface area contributed by atoms with E-state index in [0.717, 1.165) is 24.8 Å². The molecule has 1 unspecified atom stereocenters. The summed E-state index contributed by atoms with van der Waals surface area (Å²) in [6.07, 6.45) is 4.77. The van der Waals surface area contributed by atoms with Crippen LogP contribution >= 0.6 is 0 Å². The fraction of sp³-hybridized carbons (Fsp3) is 0.450. The first-order chi connectivity index (χ1) is 13.4. The van der Waals surface area contributed by atoms with E-state index in [2.05, 4.69) is 10.6 Å². The van der Waals surface area contributed by atoms with E-state index in [4.69, 9.17) is 5.11 Å². The molecule has 3 N–H and O–H groups in total. The topological polar surface area (TPSA) is 130 Å². The third-order valence-electron chi connectivity index (χ3n) is 4.69. The average molecular weight is 388 g/mol. The SMILES string of the molecule is O=Cc1c(CCCCCCC(=O)O)cccc1C(=O)NC1CCC(=O)NC1=O. The number of hydrogen-bond donors (Lipinski definition) is 3. The molecule has 0 aliphatic carbocycles. The highest BCUT2D eigenvalue weighted by Gasteiger charge is 2.28. The summed E-state index contributed by atoms with van der Waals surface area (Å²) in [5, 5.41) is 13.4. The van der Waals surface area contributed by atoms with Crippen molar-refractivity contribution in [2.24, 2.45) is 0 Å². The summed E-state index contributed by atoms with van der Waals surface area (Å²) in [4.78, 5) is 57.7. The van der Waals surface area contributed by atoms with Gasteiger partial charge in [0.05, 0.1) is 5.56 Å². The molecule has 0 aromatic heterocycles. The minimum Gasteiger partial charge on any atom is -0.481 e. The van der Waals surface area contributed by atoms with Gasteiger partial charge in [0, 0.05) is 18.4 Å². The lowest BCUT2D eigenvalue weighted by Gasteiger charge is -2.22. The number of amides is 3. The Morgan fingerprint density at radius 1 is 1.18 bits per heavy atom. The number of unbranched alkanes of at least 4 members (excludes halogenated alkanes) is 3. The lowest BCUT2D eigenvalue weighted by atomic mass is 9.96. The van der Waals surface area contributed by atoms with Gasteiger partial charge in [0.15, 0.2) is 6.29 Å². The highest BCUT2D eigenvalue weighted by molar-refractivity contribution is 6.06. The predicted octanol–water partition coefficient (Wildman–Crippen LogP) is 1.61. The van der Waals surface area contributed by atoms with Gasteiger partial charge in [-0.3, -0.25) is 29.3 Å². The normalized spacial score (nSPS) is 16.4. The Morgan fingerprint density at radius 3 is 2.61 bits per heavy atom. The number of nitrogens with one attached hydrogen (secondary N) is 2. The summed E-state index contributed by atoms with van der Waals surface area (Å²) in [5.74, 6) is -2.25. The largest absolute Gasteiger partial charge is 0.481 e. The first kappa shape index (κ1) is 21.3. The van der Waals surface area contributed by atoms with Gasteiger partial charge in [-0.1, -0.05) is 25.0 Å². The Morgan fingerprint density at radius 2 is 1.93 bits per heavy atom. The summed E-state index contributed by atoms with van der Waals surface area (Å²) >= 11 is 0. The van der Waals surface area contributed by atoms with Crippen LogP contribution in [0.3, 0.4) is 0 Å². The molecule has 3 amide bonds. The molecule has 1 fully saturated rings. The Hall–Kier alpha value is -3.03. The van der Waals surface area contributed by atoms with E-state index in [0.29, 0.717) is 19.1 Å². The second kappa shape index (κ2) is 10.3. The fourth-order valence-corrected chi connectivity index (χ4v) is 3.18. The van der Waals surface area contributed by atoms with E-state index in [1.807, 2.05) is 0 Å². The van der Waals surface area contributed by atoms with E-state index in [-0.39, 0.29) is 36.3 Å². The Labute approximate surface area is 162 Å². The van der Waals surface area contributed by atoms with Crippen molar-refractivity contribution >= 4 is 30.0 Å². The van der Waals surface area contributed by atoms with Crippen LogP contribution in [0.15, 0.2) is 18.2 Å². The molecule has 0 bridgehead atoms. The molecule has 1 aliphatic heterocycles. The number of rotatable bonds is 10. The van der Waals surface area contributed by atoms with Crippen LogP contribution in [0, 0.1) is 0 Å². The number of piperidine rings is 1. The number of imide groups is 1. The van der Waals surface area contributed by atoms with E-state index in [1.165, 1.54) is 6.07 Å². The maximum absolute atomic E-state index is 12.6. The number of carbonyl (C=O) groups is 5. The molecular formula is C20H24N2O6. The van der Waals surface area contributed by atoms with E-state index in [9.17, 15) is 24.0 Å². The quantitative estimate of drug-likeness (QED) is 0.317. The van der Waals surface area contributed by atoms with Gasteiger partial charge < -0.3 is 10.4 Å². The summed E-state index contributed by atoms with van der Waals surface area (Å²) in [6.45, 7) is 0. The van der Waals surface area contributed by atoms with Crippen LogP contribution in [-0.2, 0) is 20.8 Å². The van der Waals surface area contributed by atoms with Gasteiger partial charge in [0.1, 0.15) is 6.04 Å². The Balaban J connectivity index is 1.97. The van der Waals surface area contributed by atoms with Crippen LogP contribution < -0.4 is 10.6 Å². The summed E-state index contributed by atoms with van der Waals surface area (Å²) in [5.41, 5.74) is 1.23. The summed E-state index contributed by atoms with van der Waals surface area (Å²) < 4.78 is 0. The molecule has 1 aromatic rings. The second-order valence-corrected chi connectivity index (χ2v) is 6.78. The summed E-state index contributed by atoms with van der Waals surface area (Å²) in [6, 6.07) is 4.19. The highest BCUT2D eigenvalue weighted by Crippen LogP contribution is 2.17. The van der Waals surface area contributed by atoms with E-state index >= 15 is 0 Å². The smallest absolute Gasteiger partial charge is 0.303 e. The molecule has 0 saturated carbocycles. The molecule has 1 aromatic carbocycles. The van der Waals surface area contributed by atoms with Crippen LogP contribution in [0.4, 0.5) is 0 Å². The van der Waals surface area contributed by atoms with Gasteiger partial charge in [0.2, 0.25) is 11.8 Å². The number of aldehydes is 1. The van der Waals surface area contributed by atoms with E-state index < -0.39 is 23.8 Å². The molecule has 2 rings (SSSR count). The van der Waals surface area contributed by atoms with Crippen molar-refractivity contribution in [3.8, 4) is 0 Å². The zero-order valence-electron chi connectivity index (χ0n) is 15.5. The molecule has 1 heterocycles. The zero-order valence-corrected chi connectivity index (χ0v) is 15.5. The standard InChI is InChI=1S/C20H24N2O6/c23-12-15-13(6-3-1-2-4-9-18(25)26)7-5-8-14(15)19(27)21-16-10-11-17(24)22-20(16)28/h5,7-8,12,16H,1-4,6,9-11H2,(H,21,27)(H,25,26)(H,22,24,28). The lowest BCUT2D eigenvalue weighted by Crippen LogP contribution is -2.52. The average Bonchev–Trinajstić information content (AvgIpc) is 2.66. The van der Waals surface area contributed by atoms with Crippen molar-refractivity contribution in [3.63, 3.8) is 0 Å². The minimum absolute atomic E-state index is 0.148. The first-order valence-corrected chi connectivity index (χ1v) is 9.35. The van der Waals surface area contributed by atoms with Crippen molar-refractivity contribution in [2.45, 2.75) is 57.4 Å². The maximum Gasteiger partial charge on any atom is 0.303 e. The van der Waals surface area contributed by atoms with Gasteiger partial charge in [-0.25, -0.2) is 0 Å². The third-order valence-corrected chi connectivity index (χ3v) is 4.69. The maximum atomic E-state index is 12.6. The monoisotopic (exact) mass is 388 g/mol. The summed E-state index contributed by atoms with van der Waals surface area (Å²) in [7, 11) is 0. The highest BCUT2D eigenvalue weighted by atomic mass is 16.4. The van der Waals surface area contributed by atoms with Gasteiger partial charge in [-0.15, -0.1) is 0 Å². The number of benzene rings is 1. The van der Waals surface area contributed by atoms with Crippen molar-refractivity contribution in [2.75, 3.05) is 0 Å². The van der Waals surface area contributed by atoms with Gasteiger partial charge >= 0.3 is 5.97 Å². The van der Waals surface area contributed by atoms with Gasteiger partial charge in [-0.2, -0.15) is 0 Å². The molecule has 1 aliphatic rings. The third kappa shape index (κ3) is 6.00. The van der Waals surface area contributed by atoms with Crippen molar-refractivity contribution in [3.05, 3.63) is 34.9 Å². The van der Waals surface area contributed by atoms with Gasteiger partial charge in [0.25, 0.3) is 5.91 Å². The number of carbonyl (C=O) groups excluding carboxylic acids is 4. The number of carboxylic acid groups (broad SMARTS) is 1. The number of aryl methyl sites for hydroxylation is 1. The molecule has 0 spiro atoms. The molecule has 1 atom stereocenters. The molecule has 8 heteroatoms. The molecule has 1 saturated heterocycles. The molecule has 28 heavy (non-hydrogen) atoms. The van der Waals surface area contributed by atoms with Crippen molar-refractivity contribution in [1.82, 2.24) is 10.6 Å². The Kier molecular flexibility index (Phi) is 7.86. The van der Waals surface area contributed by atoms with Crippen LogP contribution in [0.1, 0.15) is 71.2 Å². The van der Waals surface area contributed by atoms with Crippen LogP contribution in [0.5, 0.6) is 0 Å². The lowest BCUT2D eigenvalue weighted by molar-refractivity contribution is -0.137. The van der Waals surface area contributed by atoms with Crippen molar-refractivity contribution in [1.29, 1.82) is 0 Å². The number of aliphatic carboxylic acids is 1. The second-order valence-electron chi connectivity index (χ2n) is 6.78. The van der Waals surface area contributed by atoms with Gasteiger partial charge in [-0.05, 0) is 37.3 Å². The van der Waals surface area contributed by atoms with Crippen LogP contribution in [0.25, 0.3) is 0 Å². The molecule has 0 radical (unpaired) electrons. The number of carboxylic acids is 1. The molecule has 8 nitrogen and oxygen atoms in total. The minimum atomic E-state index is -0.807. The number of hydrogen-bond acceptors (Lipinski definition) is 5. The van der Waals surface area contributed by atoms with Crippen LogP contribution in [-0.4, -0.2) is 41.1 Å². The Bertz CT molecular complexity index is 774. The molecule has 150 valence electrons. The molecular weight excluding hydrogens is 364 g/mol. The van der Waals surface area contributed by atoms with E-state index in [1.54, 1.807) is 12.1 Å². The van der Waals surface area contributed by atoms with Crippen molar-refractivity contribution < 1.29 is 29.1 Å². The fourth-order valence-electron chi connectivity index (χ4n) is 3.18. The predicted molar refractivity (Wildman–Crippen MR) is 99.9 cm³/mol. The zero-order chi connectivity index (χ0) is 20.5. The first-order valence-electron chi connectivity index (χ1n) is 9.35. The van der Waals surface area contributed by atoms with Crippen LogP contribution in [0.2, 0.25) is 0 Å².